The minimum absolute atomic E-state index is 0.181. The predicted octanol–water partition coefficient (Wildman–Crippen LogP) is 2.67. The minimum atomic E-state index is 0.181. The molecule has 1 unspecified atom stereocenters. The van der Waals surface area contributed by atoms with Crippen LogP contribution in [0.5, 0.6) is 0 Å². The largest absolute Gasteiger partial charge is 0.326 e. The van der Waals surface area contributed by atoms with Gasteiger partial charge in [-0.3, -0.25) is 9.88 Å². The quantitative estimate of drug-likeness (QED) is 0.861. The Morgan fingerprint density at radius 3 is 2.56 bits per heavy atom. The number of thiazole rings is 1. The summed E-state index contributed by atoms with van der Waals surface area (Å²) in [6.07, 6.45) is 7.87. The van der Waals surface area contributed by atoms with Gasteiger partial charge in [-0.15, -0.1) is 11.3 Å². The Kier molecular flexibility index (Phi) is 4.76. The first-order valence-electron chi connectivity index (χ1n) is 7.11. The molecule has 0 saturated carbocycles. The molecule has 0 amide bonds. The van der Waals surface area contributed by atoms with Crippen molar-refractivity contribution in [2.75, 3.05) is 13.1 Å². The predicted molar refractivity (Wildman–Crippen MR) is 77.9 cm³/mol. The van der Waals surface area contributed by atoms with Crippen molar-refractivity contribution in [2.45, 2.75) is 57.5 Å². The number of nitrogens with two attached hydrogens (primary N) is 1. The maximum atomic E-state index is 6.58. The third kappa shape index (κ3) is 2.60. The van der Waals surface area contributed by atoms with Crippen molar-refractivity contribution in [3.8, 4) is 0 Å². The molecule has 0 aliphatic carbocycles. The van der Waals surface area contributed by atoms with Crippen molar-refractivity contribution in [3.05, 3.63) is 16.6 Å². The lowest BCUT2D eigenvalue weighted by molar-refractivity contribution is 0.0771. The summed E-state index contributed by atoms with van der Waals surface area (Å²) in [4.78, 5) is 8.11. The second kappa shape index (κ2) is 6.13. The highest BCUT2D eigenvalue weighted by Gasteiger charge is 2.40. The van der Waals surface area contributed by atoms with E-state index in [0.29, 0.717) is 0 Å². The Morgan fingerprint density at radius 1 is 1.39 bits per heavy atom. The number of aromatic nitrogens is 1. The second-order valence-corrected chi connectivity index (χ2v) is 6.25. The van der Waals surface area contributed by atoms with Crippen LogP contribution in [-0.4, -0.2) is 34.6 Å². The van der Waals surface area contributed by atoms with Crippen molar-refractivity contribution in [3.63, 3.8) is 0 Å². The van der Waals surface area contributed by atoms with E-state index in [2.05, 4.69) is 23.7 Å². The van der Waals surface area contributed by atoms with Crippen LogP contribution in [0.2, 0.25) is 0 Å². The van der Waals surface area contributed by atoms with Gasteiger partial charge >= 0.3 is 0 Å². The van der Waals surface area contributed by atoms with Gasteiger partial charge in [0, 0.05) is 29.1 Å². The molecule has 1 saturated heterocycles. The Bertz CT molecular complexity index is 340. The highest BCUT2D eigenvalue weighted by Crippen LogP contribution is 2.32. The first-order valence-corrected chi connectivity index (χ1v) is 7.99. The van der Waals surface area contributed by atoms with Crippen molar-refractivity contribution < 1.29 is 0 Å². The summed E-state index contributed by atoms with van der Waals surface area (Å²) < 4.78 is 0. The summed E-state index contributed by atoms with van der Waals surface area (Å²) >= 11 is 1.72. The van der Waals surface area contributed by atoms with E-state index >= 15 is 0 Å². The molecule has 0 aromatic carbocycles. The van der Waals surface area contributed by atoms with Gasteiger partial charge in [-0.2, -0.15) is 0 Å². The normalized spacial score (nSPS) is 19.3. The molecule has 2 heterocycles. The van der Waals surface area contributed by atoms with Gasteiger partial charge in [0.15, 0.2) is 0 Å². The molecule has 3 nitrogen and oxygen atoms in total. The molecule has 1 aromatic heterocycles. The number of likely N-dealkylation sites (tertiary alicyclic amines) is 1. The number of nitrogens with zero attached hydrogens (tertiary/aromatic N) is 2. The topological polar surface area (TPSA) is 42.1 Å². The van der Waals surface area contributed by atoms with Crippen molar-refractivity contribution in [1.29, 1.82) is 0 Å². The van der Waals surface area contributed by atoms with E-state index in [1.807, 2.05) is 11.7 Å². The molecule has 1 atom stereocenters. The van der Waals surface area contributed by atoms with Gasteiger partial charge in [0.05, 0.1) is 5.51 Å². The van der Waals surface area contributed by atoms with Gasteiger partial charge in [0.1, 0.15) is 0 Å². The van der Waals surface area contributed by atoms with E-state index in [1.54, 1.807) is 11.3 Å². The average Bonchev–Trinajstić information content (AvgIpc) is 3.04. The van der Waals surface area contributed by atoms with E-state index in [0.717, 1.165) is 19.3 Å². The summed E-state index contributed by atoms with van der Waals surface area (Å²) in [5.41, 5.74) is 8.66. The summed E-state index contributed by atoms with van der Waals surface area (Å²) in [5, 5.41) is 0. The number of hydrogen-bond donors (Lipinski definition) is 1. The van der Waals surface area contributed by atoms with Gasteiger partial charge in [-0.25, -0.2) is 0 Å². The Hall–Kier alpha value is -0.450. The molecule has 0 radical (unpaired) electrons. The highest BCUT2D eigenvalue weighted by atomic mass is 32.1. The highest BCUT2D eigenvalue weighted by molar-refractivity contribution is 7.09. The number of hydrogen-bond acceptors (Lipinski definition) is 4. The van der Waals surface area contributed by atoms with E-state index in [-0.39, 0.29) is 11.6 Å². The molecule has 1 aliphatic rings. The van der Waals surface area contributed by atoms with E-state index in [4.69, 9.17) is 5.73 Å². The van der Waals surface area contributed by atoms with E-state index in [1.165, 1.54) is 30.8 Å². The van der Waals surface area contributed by atoms with Crippen LogP contribution in [-0.2, 0) is 6.42 Å². The smallest absolute Gasteiger partial charge is 0.0794 e. The van der Waals surface area contributed by atoms with Crippen LogP contribution in [0.25, 0.3) is 0 Å². The van der Waals surface area contributed by atoms with Gasteiger partial charge < -0.3 is 5.73 Å². The maximum absolute atomic E-state index is 6.58. The fraction of sp³-hybridized carbons (Fsp3) is 0.786. The summed E-state index contributed by atoms with van der Waals surface area (Å²) in [7, 11) is 0. The average molecular weight is 267 g/mol. The molecule has 18 heavy (non-hydrogen) atoms. The van der Waals surface area contributed by atoms with E-state index < -0.39 is 0 Å². The molecule has 1 fully saturated rings. The van der Waals surface area contributed by atoms with Gasteiger partial charge in [0.2, 0.25) is 0 Å². The summed E-state index contributed by atoms with van der Waals surface area (Å²) in [6.45, 7) is 7.01. The molecule has 1 aliphatic heterocycles. The zero-order chi connectivity index (χ0) is 13.0. The molecule has 1 aromatic rings. The number of rotatable bonds is 6. The van der Waals surface area contributed by atoms with Crippen molar-refractivity contribution in [2.24, 2.45) is 5.73 Å². The molecule has 102 valence electrons. The van der Waals surface area contributed by atoms with Crippen molar-refractivity contribution in [1.82, 2.24) is 9.88 Å². The maximum Gasteiger partial charge on any atom is 0.0794 e. The van der Waals surface area contributed by atoms with Gasteiger partial charge in [0.25, 0.3) is 0 Å². The fourth-order valence-electron chi connectivity index (χ4n) is 3.37. The Balaban J connectivity index is 2.12. The molecule has 0 spiro atoms. The fourth-order valence-corrected chi connectivity index (χ4v) is 4.02. The van der Waals surface area contributed by atoms with Crippen LogP contribution >= 0.6 is 11.3 Å². The summed E-state index contributed by atoms with van der Waals surface area (Å²) in [5.74, 6) is 0. The van der Waals surface area contributed by atoms with Gasteiger partial charge in [-0.05, 0) is 38.8 Å². The third-order valence-corrected chi connectivity index (χ3v) is 5.36. The summed E-state index contributed by atoms with van der Waals surface area (Å²) in [6, 6.07) is 0.214. The standard InChI is InChI=1S/C14H25N3S/c1-3-14(4-2,17-7-5-6-8-17)13(15)9-12-10-16-11-18-12/h10-11,13H,3-9,15H2,1-2H3. The molecule has 2 N–H and O–H groups in total. The lowest BCUT2D eigenvalue weighted by Crippen LogP contribution is -2.59. The van der Waals surface area contributed by atoms with Crippen molar-refractivity contribution >= 4 is 11.3 Å². The van der Waals surface area contributed by atoms with Crippen LogP contribution in [0, 0.1) is 0 Å². The molecule has 2 rings (SSSR count). The lowest BCUT2D eigenvalue weighted by atomic mass is 9.81. The Morgan fingerprint density at radius 2 is 2.06 bits per heavy atom. The molecular weight excluding hydrogens is 242 g/mol. The van der Waals surface area contributed by atoms with Crippen LogP contribution in [0.15, 0.2) is 11.7 Å². The second-order valence-electron chi connectivity index (χ2n) is 5.28. The minimum Gasteiger partial charge on any atom is -0.326 e. The third-order valence-electron chi connectivity index (χ3n) is 4.56. The lowest BCUT2D eigenvalue weighted by Gasteiger charge is -2.45. The zero-order valence-corrected chi connectivity index (χ0v) is 12.4. The van der Waals surface area contributed by atoms with Crippen LogP contribution in [0.3, 0.4) is 0 Å². The SMILES string of the molecule is CCC(CC)(C(N)Cc1cncs1)N1CCCC1. The Labute approximate surface area is 114 Å². The first-order chi connectivity index (χ1) is 8.73. The molecular formula is C14H25N3S. The van der Waals surface area contributed by atoms with Crippen LogP contribution in [0.1, 0.15) is 44.4 Å². The first kappa shape index (κ1) is 14.0. The zero-order valence-electron chi connectivity index (χ0n) is 11.6. The molecule has 0 bridgehead atoms. The van der Waals surface area contributed by atoms with Crippen LogP contribution < -0.4 is 5.73 Å². The molecule has 4 heteroatoms. The monoisotopic (exact) mass is 267 g/mol. The van der Waals surface area contributed by atoms with Crippen LogP contribution in [0.4, 0.5) is 0 Å². The van der Waals surface area contributed by atoms with E-state index in [9.17, 15) is 0 Å². The van der Waals surface area contributed by atoms with Gasteiger partial charge in [-0.1, -0.05) is 13.8 Å².